The van der Waals surface area contributed by atoms with Crippen molar-refractivity contribution < 1.29 is 5.11 Å². The highest BCUT2D eigenvalue weighted by molar-refractivity contribution is 5.24. The molecule has 3 saturated carbocycles. The third-order valence-electron chi connectivity index (χ3n) is 10.7. The van der Waals surface area contributed by atoms with Gasteiger partial charge in [0.1, 0.15) is 0 Å². The second kappa shape index (κ2) is 8.76. The second-order valence-electron chi connectivity index (χ2n) is 12.3. The number of rotatable bonds is 6. The van der Waals surface area contributed by atoms with E-state index in [4.69, 9.17) is 0 Å². The molecule has 0 saturated heterocycles. The average molecular weight is 413 g/mol. The highest BCUT2D eigenvalue weighted by Gasteiger charge is 2.58. The van der Waals surface area contributed by atoms with Crippen molar-refractivity contribution in [2.45, 2.75) is 105 Å². The normalized spacial score (nSPS) is 42.4. The van der Waals surface area contributed by atoms with Crippen LogP contribution < -0.4 is 0 Å². The molecule has 0 radical (unpaired) electrons. The van der Waals surface area contributed by atoms with Crippen molar-refractivity contribution in [3.63, 3.8) is 0 Å². The van der Waals surface area contributed by atoms with E-state index < -0.39 is 0 Å². The third kappa shape index (κ3) is 3.76. The van der Waals surface area contributed by atoms with Crippen molar-refractivity contribution in [2.75, 3.05) is 6.61 Å². The van der Waals surface area contributed by atoms with E-state index in [2.05, 4.69) is 46.8 Å². The van der Waals surface area contributed by atoms with Gasteiger partial charge in [-0.25, -0.2) is 0 Å². The predicted molar refractivity (Wildman–Crippen MR) is 128 cm³/mol. The lowest BCUT2D eigenvalue weighted by Gasteiger charge is -2.58. The maximum Gasteiger partial charge on any atom is 0.0468 e. The third-order valence-corrected chi connectivity index (χ3v) is 10.7. The molecule has 0 unspecified atom stereocenters. The first-order chi connectivity index (χ1) is 14.3. The molecular weight excluding hydrogens is 364 g/mol. The van der Waals surface area contributed by atoms with Crippen LogP contribution in [0.2, 0.25) is 0 Å². The van der Waals surface area contributed by atoms with Crippen LogP contribution in [0.1, 0.15) is 105 Å². The summed E-state index contributed by atoms with van der Waals surface area (Å²) < 4.78 is 0. The molecule has 0 bridgehead atoms. The van der Waals surface area contributed by atoms with Gasteiger partial charge in [0.25, 0.3) is 0 Å². The smallest absolute Gasteiger partial charge is 0.0468 e. The molecule has 0 spiro atoms. The quantitative estimate of drug-likeness (QED) is 0.439. The summed E-state index contributed by atoms with van der Waals surface area (Å²) in [7, 11) is 0. The van der Waals surface area contributed by atoms with Crippen LogP contribution in [0, 0.1) is 46.3 Å². The van der Waals surface area contributed by atoms with Crippen molar-refractivity contribution >= 4 is 0 Å². The Labute approximate surface area is 186 Å². The van der Waals surface area contributed by atoms with Crippen molar-refractivity contribution in [2.24, 2.45) is 46.3 Å². The summed E-state index contributed by atoms with van der Waals surface area (Å²) in [6, 6.07) is 0. The molecule has 0 aromatic carbocycles. The first kappa shape index (κ1) is 22.6. The molecule has 1 nitrogen and oxygen atoms in total. The molecule has 4 aliphatic rings. The minimum atomic E-state index is 0.291. The number of hydrogen-bond acceptors (Lipinski definition) is 1. The Hall–Kier alpha value is -0.560. The first-order valence-corrected chi connectivity index (χ1v) is 13.3. The van der Waals surface area contributed by atoms with Gasteiger partial charge in [0, 0.05) is 6.61 Å². The molecule has 7 atom stereocenters. The predicted octanol–water partition coefficient (Wildman–Crippen LogP) is 7.95. The van der Waals surface area contributed by atoms with Gasteiger partial charge in [-0.3, -0.25) is 0 Å². The van der Waals surface area contributed by atoms with E-state index in [1.165, 1.54) is 69.8 Å². The Morgan fingerprint density at radius 1 is 1.10 bits per heavy atom. The fourth-order valence-electron chi connectivity index (χ4n) is 8.93. The average Bonchev–Trinajstić information content (AvgIpc) is 3.07. The molecule has 1 heteroatoms. The van der Waals surface area contributed by atoms with E-state index in [9.17, 15) is 5.11 Å². The molecular formula is C29H48O. The topological polar surface area (TPSA) is 20.2 Å². The van der Waals surface area contributed by atoms with Crippen LogP contribution in [0.4, 0.5) is 0 Å². The van der Waals surface area contributed by atoms with Crippen molar-refractivity contribution in [1.82, 2.24) is 0 Å². The lowest BCUT2D eigenvalue weighted by molar-refractivity contribution is -0.0491. The van der Waals surface area contributed by atoms with Crippen LogP contribution in [0.25, 0.3) is 0 Å². The minimum Gasteiger partial charge on any atom is -0.396 e. The first-order valence-electron chi connectivity index (χ1n) is 13.3. The molecule has 4 aliphatic carbocycles. The number of allylic oxidation sites excluding steroid dienone is 3. The molecule has 0 aromatic heterocycles. The van der Waals surface area contributed by atoms with E-state index in [-0.39, 0.29) is 0 Å². The summed E-state index contributed by atoms with van der Waals surface area (Å²) >= 11 is 0. The van der Waals surface area contributed by atoms with Crippen LogP contribution in [-0.4, -0.2) is 11.7 Å². The van der Waals surface area contributed by atoms with Crippen LogP contribution in [0.15, 0.2) is 23.3 Å². The number of hydrogen-bond donors (Lipinski definition) is 1. The Morgan fingerprint density at radius 2 is 1.90 bits per heavy atom. The molecule has 1 N–H and O–H groups in total. The minimum absolute atomic E-state index is 0.291. The highest BCUT2D eigenvalue weighted by atomic mass is 16.2. The molecule has 3 fully saturated rings. The van der Waals surface area contributed by atoms with E-state index in [1.807, 2.05) is 5.57 Å². The summed E-state index contributed by atoms with van der Waals surface area (Å²) in [5, 5.41) is 9.43. The number of aliphatic hydroxyl groups excluding tert-OH is 1. The van der Waals surface area contributed by atoms with Crippen LogP contribution in [0.3, 0.4) is 0 Å². The Morgan fingerprint density at radius 3 is 2.63 bits per heavy atom. The van der Waals surface area contributed by atoms with Gasteiger partial charge >= 0.3 is 0 Å². The summed E-state index contributed by atoms with van der Waals surface area (Å²) in [4.78, 5) is 0. The van der Waals surface area contributed by atoms with Gasteiger partial charge in [-0.05, 0) is 111 Å². The summed E-state index contributed by atoms with van der Waals surface area (Å²) in [6.07, 6.45) is 20.2. The maximum atomic E-state index is 9.43. The van der Waals surface area contributed by atoms with E-state index >= 15 is 0 Å². The lowest BCUT2D eigenvalue weighted by atomic mass is 9.47. The zero-order valence-electron chi connectivity index (χ0n) is 20.6. The molecule has 0 amide bonds. The summed E-state index contributed by atoms with van der Waals surface area (Å²) in [6.45, 7) is 12.7. The van der Waals surface area contributed by atoms with E-state index in [0.717, 1.165) is 36.0 Å². The van der Waals surface area contributed by atoms with Gasteiger partial charge in [0.15, 0.2) is 0 Å². The van der Waals surface area contributed by atoms with Crippen molar-refractivity contribution in [3.05, 3.63) is 23.3 Å². The summed E-state index contributed by atoms with van der Waals surface area (Å²) in [5.74, 6) is 5.07. The molecule has 4 rings (SSSR count). The zero-order chi connectivity index (χ0) is 21.5. The molecule has 0 aliphatic heterocycles. The van der Waals surface area contributed by atoms with Crippen LogP contribution in [0.5, 0.6) is 0 Å². The van der Waals surface area contributed by atoms with Crippen molar-refractivity contribution in [1.29, 1.82) is 0 Å². The lowest BCUT2D eigenvalue weighted by Crippen LogP contribution is -2.50. The maximum absolute atomic E-state index is 9.43. The Balaban J connectivity index is 1.50. The van der Waals surface area contributed by atoms with Gasteiger partial charge < -0.3 is 5.11 Å². The highest BCUT2D eigenvalue weighted by Crippen LogP contribution is 2.67. The van der Waals surface area contributed by atoms with Gasteiger partial charge in [0.05, 0.1) is 0 Å². The van der Waals surface area contributed by atoms with Crippen LogP contribution in [-0.2, 0) is 0 Å². The van der Waals surface area contributed by atoms with Gasteiger partial charge in [-0.1, -0.05) is 64.3 Å². The standard InChI is InChI=1S/C29H48O/c1-20(2)22(16-19-30)10-9-21(3)25-13-14-26-24-12-11-23-8-6-7-17-28(23,4)27(24)15-18-29(25,26)5/h10-11,20-21,24-27,30H,6-9,12-19H2,1-5H3/b22-10+/t21-,24+,25-,26+,27+,28+,29-/m1/s1. The SMILES string of the molecule is CC(C)/C(=C/C[C@@H](C)[C@H]1CC[C@H]2[C@@H]3CC=C4CCCC[C@]4(C)[C@H]3CC[C@]12C)CCO. The fraction of sp³-hybridized carbons (Fsp3) is 0.862. The second-order valence-corrected chi connectivity index (χ2v) is 12.3. The molecule has 0 aromatic rings. The summed E-state index contributed by atoms with van der Waals surface area (Å²) in [5.41, 5.74) is 4.39. The molecule has 170 valence electrons. The fourth-order valence-corrected chi connectivity index (χ4v) is 8.93. The number of aliphatic hydroxyl groups is 1. The monoisotopic (exact) mass is 412 g/mol. The van der Waals surface area contributed by atoms with E-state index in [0.29, 0.717) is 23.4 Å². The Bertz CT molecular complexity index is 672. The van der Waals surface area contributed by atoms with Gasteiger partial charge in [-0.15, -0.1) is 0 Å². The zero-order valence-corrected chi connectivity index (χ0v) is 20.6. The molecule has 30 heavy (non-hydrogen) atoms. The van der Waals surface area contributed by atoms with E-state index in [1.54, 1.807) is 0 Å². The van der Waals surface area contributed by atoms with Crippen LogP contribution >= 0.6 is 0 Å². The molecule has 0 heterocycles. The van der Waals surface area contributed by atoms with Gasteiger partial charge in [-0.2, -0.15) is 0 Å². The largest absolute Gasteiger partial charge is 0.396 e. The number of fused-ring (bicyclic) bond motifs is 5. The van der Waals surface area contributed by atoms with Crippen molar-refractivity contribution in [3.8, 4) is 0 Å². The Kier molecular flexibility index (Phi) is 6.61. The van der Waals surface area contributed by atoms with Gasteiger partial charge in [0.2, 0.25) is 0 Å².